The Labute approximate surface area is 145 Å². The summed E-state index contributed by atoms with van der Waals surface area (Å²) in [5, 5.41) is 10.2. The Kier molecular flexibility index (Phi) is 11.8. The van der Waals surface area contributed by atoms with Gasteiger partial charge in [0.05, 0.1) is 0 Å². The molecule has 6 heteroatoms. The van der Waals surface area contributed by atoms with Gasteiger partial charge in [-0.3, -0.25) is 0 Å². The minimum atomic E-state index is -1.19. The molecule has 0 aromatic carbocycles. The first-order chi connectivity index (χ1) is 11.7. The summed E-state index contributed by atoms with van der Waals surface area (Å²) >= 11 is 0. The van der Waals surface area contributed by atoms with Crippen molar-refractivity contribution in [2.75, 3.05) is 26.5 Å². The van der Waals surface area contributed by atoms with Crippen molar-refractivity contribution in [1.29, 1.82) is 0 Å². The molecule has 1 N–H and O–H groups in total. The van der Waals surface area contributed by atoms with Crippen LogP contribution < -0.4 is 0 Å². The number of alkyl halides is 1. The Morgan fingerprint density at radius 2 is 1.25 bits per heavy atom. The van der Waals surface area contributed by atoms with Gasteiger partial charge in [0, 0.05) is 19.8 Å². The largest absolute Gasteiger partial charge is 0.373 e. The van der Waals surface area contributed by atoms with E-state index in [9.17, 15) is 9.50 Å². The van der Waals surface area contributed by atoms with E-state index in [-0.39, 0.29) is 0 Å². The quantitative estimate of drug-likeness (QED) is 0.517. The highest BCUT2D eigenvalue weighted by molar-refractivity contribution is 4.92. The molecule has 144 valence electrons. The van der Waals surface area contributed by atoms with Crippen molar-refractivity contribution < 1.29 is 28.4 Å². The van der Waals surface area contributed by atoms with E-state index in [2.05, 4.69) is 20.8 Å². The number of aliphatic hydroxyl groups excluding tert-OH is 1. The molecule has 5 atom stereocenters. The summed E-state index contributed by atoms with van der Waals surface area (Å²) in [6.45, 7) is 7.07. The molecular formula is C18H35FO5. The summed E-state index contributed by atoms with van der Waals surface area (Å²) in [6.07, 6.45) is 1.92. The minimum Gasteiger partial charge on any atom is -0.373 e. The number of halogens is 1. The van der Waals surface area contributed by atoms with Crippen molar-refractivity contribution in [2.45, 2.75) is 90.0 Å². The van der Waals surface area contributed by atoms with Crippen molar-refractivity contribution in [3.05, 3.63) is 0 Å². The zero-order chi connectivity index (χ0) is 17.8. The van der Waals surface area contributed by atoms with Gasteiger partial charge in [-0.25, -0.2) is 4.39 Å². The lowest BCUT2D eigenvalue weighted by atomic mass is 9.98. The molecule has 5 nitrogen and oxygen atoms in total. The second-order valence-electron chi connectivity index (χ2n) is 6.29. The smallest absolute Gasteiger partial charge is 0.184 e. The average molecular weight is 350 g/mol. The summed E-state index contributed by atoms with van der Waals surface area (Å²) in [5.41, 5.74) is 0. The molecule has 0 aromatic rings. The second-order valence-corrected chi connectivity index (χ2v) is 6.29. The van der Waals surface area contributed by atoms with E-state index in [1.807, 2.05) is 0 Å². The van der Waals surface area contributed by atoms with Gasteiger partial charge >= 0.3 is 0 Å². The van der Waals surface area contributed by atoms with E-state index in [1.54, 1.807) is 0 Å². The predicted octanol–water partition coefficient (Wildman–Crippen LogP) is 3.23. The van der Waals surface area contributed by atoms with Crippen LogP contribution in [0.4, 0.5) is 4.39 Å². The van der Waals surface area contributed by atoms with E-state index < -0.39 is 37.4 Å². The molecule has 1 heterocycles. The van der Waals surface area contributed by atoms with Crippen molar-refractivity contribution in [3.8, 4) is 0 Å². The third-order valence-corrected chi connectivity index (χ3v) is 4.19. The average Bonchev–Trinajstić information content (AvgIpc) is 2.58. The molecule has 0 aromatic heterocycles. The van der Waals surface area contributed by atoms with Crippen LogP contribution in [0.1, 0.15) is 59.3 Å². The maximum Gasteiger partial charge on any atom is 0.184 e. The van der Waals surface area contributed by atoms with Crippen LogP contribution in [0.15, 0.2) is 0 Å². The lowest BCUT2D eigenvalue weighted by Crippen LogP contribution is -2.61. The highest BCUT2D eigenvalue weighted by Crippen LogP contribution is 2.28. The summed E-state index contributed by atoms with van der Waals surface area (Å²) in [7, 11) is 0. The van der Waals surface area contributed by atoms with Crippen LogP contribution >= 0.6 is 0 Å². The molecule has 1 saturated heterocycles. The Bertz CT molecular complexity index is 305. The van der Waals surface area contributed by atoms with Gasteiger partial charge < -0.3 is 24.1 Å². The van der Waals surface area contributed by atoms with Crippen LogP contribution in [0.25, 0.3) is 0 Å². The number of unbranched alkanes of at least 4 members (excludes halogenated alkanes) is 3. The first-order valence-corrected chi connectivity index (χ1v) is 9.43. The fraction of sp³-hybridized carbons (Fsp3) is 1.00. The van der Waals surface area contributed by atoms with Gasteiger partial charge in [0.15, 0.2) is 6.29 Å². The van der Waals surface area contributed by atoms with Crippen LogP contribution in [0.5, 0.6) is 0 Å². The number of rotatable bonds is 13. The zero-order valence-corrected chi connectivity index (χ0v) is 15.4. The molecule has 0 aliphatic carbocycles. The van der Waals surface area contributed by atoms with Gasteiger partial charge in [-0.15, -0.1) is 0 Å². The monoisotopic (exact) mass is 350 g/mol. The molecule has 4 unspecified atom stereocenters. The van der Waals surface area contributed by atoms with Crippen LogP contribution in [-0.4, -0.2) is 62.3 Å². The van der Waals surface area contributed by atoms with Gasteiger partial charge in [0.2, 0.25) is 0 Å². The van der Waals surface area contributed by atoms with Crippen molar-refractivity contribution in [1.82, 2.24) is 0 Å². The molecule has 0 amide bonds. The van der Waals surface area contributed by atoms with E-state index in [4.69, 9.17) is 18.9 Å². The van der Waals surface area contributed by atoms with Crippen LogP contribution in [-0.2, 0) is 18.9 Å². The Morgan fingerprint density at radius 3 is 1.71 bits per heavy atom. The van der Waals surface area contributed by atoms with Crippen molar-refractivity contribution in [3.63, 3.8) is 0 Å². The molecule has 1 aliphatic rings. The van der Waals surface area contributed by atoms with E-state index in [1.165, 1.54) is 0 Å². The third kappa shape index (κ3) is 6.92. The molecule has 1 aliphatic heterocycles. The molecule has 1 rings (SSSR count). The van der Waals surface area contributed by atoms with E-state index in [0.29, 0.717) is 19.8 Å². The minimum absolute atomic E-state index is 0.511. The number of ether oxygens (including phenoxy) is 4. The highest BCUT2D eigenvalue weighted by Gasteiger charge is 2.47. The van der Waals surface area contributed by atoms with Crippen molar-refractivity contribution >= 4 is 0 Å². The fourth-order valence-electron chi connectivity index (χ4n) is 2.68. The molecule has 1 fully saturated rings. The molecule has 0 saturated carbocycles. The molecule has 24 heavy (non-hydrogen) atoms. The first-order valence-electron chi connectivity index (χ1n) is 9.43. The molecule has 0 radical (unpaired) electrons. The van der Waals surface area contributed by atoms with Gasteiger partial charge in [-0.1, -0.05) is 40.0 Å². The fourth-order valence-corrected chi connectivity index (χ4v) is 2.68. The Hall–Kier alpha value is -0.270. The first kappa shape index (κ1) is 21.8. The lowest BCUT2D eigenvalue weighted by Gasteiger charge is -2.43. The summed E-state index contributed by atoms with van der Waals surface area (Å²) in [5.74, 6) is 0. The predicted molar refractivity (Wildman–Crippen MR) is 90.8 cm³/mol. The van der Waals surface area contributed by atoms with Crippen LogP contribution in [0, 0.1) is 0 Å². The molecular weight excluding hydrogens is 315 g/mol. The maximum atomic E-state index is 13.4. The maximum absolute atomic E-state index is 13.4. The van der Waals surface area contributed by atoms with Gasteiger partial charge in [0.25, 0.3) is 0 Å². The van der Waals surface area contributed by atoms with Crippen molar-refractivity contribution in [2.24, 2.45) is 0 Å². The van der Waals surface area contributed by atoms with E-state index in [0.717, 1.165) is 38.5 Å². The summed E-state index contributed by atoms with van der Waals surface area (Å²) < 4.78 is 36.4. The Morgan fingerprint density at radius 1 is 0.792 bits per heavy atom. The lowest BCUT2D eigenvalue weighted by molar-refractivity contribution is -0.308. The summed E-state index contributed by atoms with van der Waals surface area (Å²) in [6, 6.07) is 0. The van der Waals surface area contributed by atoms with Gasteiger partial charge in [-0.05, 0) is 19.3 Å². The topological polar surface area (TPSA) is 57.2 Å². The molecule has 0 bridgehead atoms. The standard InChI is InChI=1S/C18H35FO5/c1-4-7-10-21-15-14(13-19)24-18(20)17(23-12-9-6-3)16(15)22-11-8-5-2/h14-18,20H,4-13H2,1-3H3/t14?,15-,16?,17?,18?/m1/s1. The Balaban J connectivity index is 2.79. The third-order valence-electron chi connectivity index (χ3n) is 4.19. The van der Waals surface area contributed by atoms with Gasteiger partial charge in [-0.2, -0.15) is 0 Å². The SMILES string of the molecule is CCCCOC1C(O)OC(CF)[C@@H](OCCCC)C1OCCCC. The van der Waals surface area contributed by atoms with E-state index >= 15 is 0 Å². The summed E-state index contributed by atoms with van der Waals surface area (Å²) in [4.78, 5) is 0. The van der Waals surface area contributed by atoms with Crippen LogP contribution in [0.3, 0.4) is 0 Å². The normalized spacial score (nSPS) is 30.6. The zero-order valence-electron chi connectivity index (χ0n) is 15.4. The van der Waals surface area contributed by atoms with Crippen LogP contribution in [0.2, 0.25) is 0 Å². The number of aliphatic hydroxyl groups is 1. The van der Waals surface area contributed by atoms with Gasteiger partial charge in [0.1, 0.15) is 31.1 Å². The number of hydrogen-bond donors (Lipinski definition) is 1. The highest BCUT2D eigenvalue weighted by atomic mass is 19.1. The number of hydrogen-bond acceptors (Lipinski definition) is 5. The molecule has 0 spiro atoms. The second kappa shape index (κ2) is 13.0.